The van der Waals surface area contributed by atoms with Gasteiger partial charge in [0, 0.05) is 0 Å². The monoisotopic (exact) mass is 305 g/mol. The molecule has 1 amide bonds. The SMILES string of the molecule is CC(C)(C)OC(=O)C[C@@H](NC(=O)OC(C)(C)C)C(=O)S. The molecule has 0 saturated heterocycles. The van der Waals surface area contributed by atoms with Crippen molar-refractivity contribution in [1.29, 1.82) is 0 Å². The van der Waals surface area contributed by atoms with Gasteiger partial charge >= 0.3 is 12.1 Å². The van der Waals surface area contributed by atoms with E-state index in [0.717, 1.165) is 0 Å². The maximum absolute atomic E-state index is 11.6. The lowest BCUT2D eigenvalue weighted by molar-refractivity contribution is -0.155. The molecule has 1 atom stereocenters. The minimum Gasteiger partial charge on any atom is -0.460 e. The molecule has 0 saturated carbocycles. The Morgan fingerprint density at radius 1 is 1.00 bits per heavy atom. The summed E-state index contributed by atoms with van der Waals surface area (Å²) in [6.07, 6.45) is -1.08. The Morgan fingerprint density at radius 2 is 1.45 bits per heavy atom. The van der Waals surface area contributed by atoms with Crippen molar-refractivity contribution >= 4 is 29.8 Å². The second kappa shape index (κ2) is 6.97. The third-order valence-corrected chi connectivity index (χ3v) is 2.09. The first-order valence-corrected chi connectivity index (χ1v) is 6.69. The first-order valence-electron chi connectivity index (χ1n) is 6.24. The number of ether oxygens (including phenoxy) is 2. The number of thiol groups is 1. The van der Waals surface area contributed by atoms with Crippen LogP contribution in [0.3, 0.4) is 0 Å². The van der Waals surface area contributed by atoms with Crippen molar-refractivity contribution in [2.75, 3.05) is 0 Å². The van der Waals surface area contributed by atoms with Crippen molar-refractivity contribution < 1.29 is 23.9 Å². The average molecular weight is 305 g/mol. The van der Waals surface area contributed by atoms with E-state index in [0.29, 0.717) is 0 Å². The first kappa shape index (κ1) is 18.8. The van der Waals surface area contributed by atoms with Gasteiger partial charge in [0.25, 0.3) is 0 Å². The third-order valence-electron chi connectivity index (χ3n) is 1.78. The van der Waals surface area contributed by atoms with Gasteiger partial charge in [-0.1, -0.05) is 0 Å². The van der Waals surface area contributed by atoms with Crippen LogP contribution in [0.15, 0.2) is 0 Å². The number of esters is 1. The van der Waals surface area contributed by atoms with Crippen molar-refractivity contribution in [2.45, 2.75) is 65.2 Å². The summed E-state index contributed by atoms with van der Waals surface area (Å²) in [7, 11) is 0. The van der Waals surface area contributed by atoms with E-state index in [1.807, 2.05) is 0 Å². The Morgan fingerprint density at radius 3 is 1.80 bits per heavy atom. The zero-order valence-corrected chi connectivity index (χ0v) is 13.7. The van der Waals surface area contributed by atoms with Crippen LogP contribution >= 0.6 is 12.6 Å². The van der Waals surface area contributed by atoms with Crippen LogP contribution in [0.2, 0.25) is 0 Å². The molecule has 116 valence electrons. The highest BCUT2D eigenvalue weighted by atomic mass is 32.1. The molecule has 0 fully saturated rings. The Balaban J connectivity index is 4.56. The highest BCUT2D eigenvalue weighted by Crippen LogP contribution is 2.11. The van der Waals surface area contributed by atoms with Gasteiger partial charge in [-0.3, -0.25) is 9.59 Å². The van der Waals surface area contributed by atoms with Gasteiger partial charge < -0.3 is 14.8 Å². The number of amides is 1. The van der Waals surface area contributed by atoms with Gasteiger partial charge in [0.05, 0.1) is 6.42 Å². The summed E-state index contributed by atoms with van der Waals surface area (Å²) in [5.74, 6) is -0.596. The van der Waals surface area contributed by atoms with E-state index in [1.165, 1.54) is 0 Å². The molecule has 0 spiro atoms. The molecule has 0 aromatic carbocycles. The Bertz CT molecular complexity index is 351. The number of nitrogens with one attached hydrogen (secondary N) is 1. The maximum atomic E-state index is 11.6. The summed E-state index contributed by atoms with van der Waals surface area (Å²) in [5.41, 5.74) is -1.35. The van der Waals surface area contributed by atoms with Crippen LogP contribution in [0.4, 0.5) is 4.79 Å². The molecular weight excluding hydrogens is 282 g/mol. The second-order valence-electron chi connectivity index (χ2n) is 6.33. The van der Waals surface area contributed by atoms with Crippen molar-refractivity contribution in [2.24, 2.45) is 0 Å². The quantitative estimate of drug-likeness (QED) is 0.614. The zero-order chi connectivity index (χ0) is 16.1. The van der Waals surface area contributed by atoms with Gasteiger partial charge in [-0.25, -0.2) is 4.79 Å². The molecule has 0 aromatic rings. The number of rotatable bonds is 4. The van der Waals surface area contributed by atoms with E-state index in [-0.39, 0.29) is 6.42 Å². The van der Waals surface area contributed by atoms with Crippen molar-refractivity contribution in [3.8, 4) is 0 Å². The van der Waals surface area contributed by atoms with Gasteiger partial charge in [-0.2, -0.15) is 0 Å². The minimum absolute atomic E-state index is 0.293. The molecule has 6 nitrogen and oxygen atoms in total. The second-order valence-corrected chi connectivity index (χ2v) is 6.77. The summed E-state index contributed by atoms with van der Waals surface area (Å²) in [6, 6.07) is -1.08. The van der Waals surface area contributed by atoms with Crippen molar-refractivity contribution in [3.63, 3.8) is 0 Å². The van der Waals surface area contributed by atoms with Crippen molar-refractivity contribution in [3.05, 3.63) is 0 Å². The Labute approximate surface area is 125 Å². The summed E-state index contributed by atoms with van der Waals surface area (Å²) >= 11 is 3.65. The molecule has 0 rings (SSSR count). The molecule has 0 aliphatic rings. The van der Waals surface area contributed by atoms with Gasteiger partial charge in [0.15, 0.2) is 0 Å². The predicted molar refractivity (Wildman–Crippen MR) is 77.6 cm³/mol. The number of carbonyl (C=O) groups is 3. The van der Waals surface area contributed by atoms with Crippen LogP contribution in [0.1, 0.15) is 48.0 Å². The van der Waals surface area contributed by atoms with Crippen LogP contribution < -0.4 is 5.32 Å². The smallest absolute Gasteiger partial charge is 0.408 e. The molecule has 0 aliphatic heterocycles. The van der Waals surface area contributed by atoms with E-state index in [9.17, 15) is 14.4 Å². The fraction of sp³-hybridized carbons (Fsp3) is 0.769. The lowest BCUT2D eigenvalue weighted by atomic mass is 10.2. The summed E-state index contributed by atoms with van der Waals surface area (Å²) < 4.78 is 10.1. The highest BCUT2D eigenvalue weighted by Gasteiger charge is 2.27. The number of hydrogen-bond donors (Lipinski definition) is 2. The Kier molecular flexibility index (Phi) is 6.53. The fourth-order valence-corrected chi connectivity index (χ4v) is 1.36. The minimum atomic E-state index is -1.08. The van der Waals surface area contributed by atoms with Gasteiger partial charge in [0.2, 0.25) is 5.12 Å². The molecular formula is C13H23NO5S. The van der Waals surface area contributed by atoms with E-state index in [4.69, 9.17) is 9.47 Å². The van der Waals surface area contributed by atoms with Crippen LogP contribution in [-0.4, -0.2) is 34.4 Å². The molecule has 0 aliphatic carbocycles. The molecule has 0 radical (unpaired) electrons. The normalized spacial score (nSPS) is 13.3. The van der Waals surface area contributed by atoms with Crippen LogP contribution in [0.5, 0.6) is 0 Å². The molecule has 0 bridgehead atoms. The van der Waals surface area contributed by atoms with Crippen LogP contribution in [0.25, 0.3) is 0 Å². The predicted octanol–water partition coefficient (Wildman–Crippen LogP) is 2.07. The molecule has 7 heteroatoms. The average Bonchev–Trinajstić information content (AvgIpc) is 2.09. The molecule has 0 aromatic heterocycles. The summed E-state index contributed by atoms with van der Waals surface area (Å²) in [4.78, 5) is 34.5. The molecule has 0 heterocycles. The Hall–Kier alpha value is -1.24. The lowest BCUT2D eigenvalue weighted by Crippen LogP contribution is -2.44. The number of hydrogen-bond acceptors (Lipinski definition) is 5. The standard InChI is InChI=1S/C13H23NO5S/c1-12(2,3)18-9(15)7-8(10(16)20)14-11(17)19-13(4,5)6/h8H,7H2,1-6H3,(H,14,17)(H,16,20)/t8-/m1/s1. The van der Waals surface area contributed by atoms with E-state index in [1.54, 1.807) is 41.5 Å². The summed E-state index contributed by atoms with van der Waals surface area (Å²) in [6.45, 7) is 10.2. The zero-order valence-electron chi connectivity index (χ0n) is 12.8. The number of alkyl carbamates (subject to hydrolysis) is 1. The van der Waals surface area contributed by atoms with E-state index < -0.39 is 34.4 Å². The molecule has 1 N–H and O–H groups in total. The molecule has 20 heavy (non-hydrogen) atoms. The van der Waals surface area contributed by atoms with Gasteiger partial charge in [0.1, 0.15) is 17.2 Å². The maximum Gasteiger partial charge on any atom is 0.408 e. The highest BCUT2D eigenvalue weighted by molar-refractivity contribution is 7.96. The van der Waals surface area contributed by atoms with E-state index >= 15 is 0 Å². The van der Waals surface area contributed by atoms with Gasteiger partial charge in [-0.05, 0) is 41.5 Å². The fourth-order valence-electron chi connectivity index (χ4n) is 1.20. The lowest BCUT2D eigenvalue weighted by Gasteiger charge is -2.23. The van der Waals surface area contributed by atoms with Crippen LogP contribution in [0, 0.1) is 0 Å². The van der Waals surface area contributed by atoms with Crippen molar-refractivity contribution in [1.82, 2.24) is 5.32 Å². The first-order chi connectivity index (χ1) is 8.80. The third kappa shape index (κ3) is 9.66. The molecule has 0 unspecified atom stereocenters. The summed E-state index contributed by atoms with van der Waals surface area (Å²) in [5, 5.41) is 1.66. The number of carbonyl (C=O) groups excluding carboxylic acids is 3. The largest absolute Gasteiger partial charge is 0.460 e. The topological polar surface area (TPSA) is 81.7 Å². The van der Waals surface area contributed by atoms with E-state index in [2.05, 4.69) is 17.9 Å². The van der Waals surface area contributed by atoms with Gasteiger partial charge in [-0.15, -0.1) is 12.6 Å². The van der Waals surface area contributed by atoms with Crippen LogP contribution in [-0.2, 0) is 19.1 Å².